The summed E-state index contributed by atoms with van der Waals surface area (Å²) in [5.74, 6) is 0. The number of amides is 1. The van der Waals surface area contributed by atoms with E-state index in [-0.39, 0.29) is 0 Å². The first-order valence-corrected chi connectivity index (χ1v) is 4.62. The first-order valence-electron chi connectivity index (χ1n) is 4.62. The van der Waals surface area contributed by atoms with Gasteiger partial charge in [-0.1, -0.05) is 0 Å². The lowest BCUT2D eigenvalue weighted by Gasteiger charge is -2.09. The first-order chi connectivity index (χ1) is 7.77. The van der Waals surface area contributed by atoms with Crippen molar-refractivity contribution in [3.63, 3.8) is 0 Å². The van der Waals surface area contributed by atoms with Gasteiger partial charge in [-0.15, -0.1) is 0 Å². The Morgan fingerprint density at radius 1 is 1.62 bits per heavy atom. The van der Waals surface area contributed by atoms with Gasteiger partial charge in [-0.3, -0.25) is 9.78 Å². The molecule has 0 aliphatic rings. The molecule has 0 bridgehead atoms. The normalized spacial score (nSPS) is 12.0. The predicted octanol–water partition coefficient (Wildman–Crippen LogP) is 0.279. The van der Waals surface area contributed by atoms with Gasteiger partial charge >= 0.3 is 0 Å². The van der Waals surface area contributed by atoms with Gasteiger partial charge in [0.15, 0.2) is 0 Å². The maximum absolute atomic E-state index is 10.4. The second-order valence-corrected chi connectivity index (χ2v) is 3.30. The van der Waals surface area contributed by atoms with Gasteiger partial charge < -0.3 is 9.88 Å². The summed E-state index contributed by atoms with van der Waals surface area (Å²) in [5, 5.41) is 11.4. The van der Waals surface area contributed by atoms with Crippen LogP contribution in [-0.4, -0.2) is 20.9 Å². The van der Waals surface area contributed by atoms with Crippen molar-refractivity contribution in [1.82, 2.24) is 19.9 Å². The standard InChI is InChI=1S/C10H9N5O/c1-15-5-13-9-4-12-3-7(10(9)15)8(2-11)14-6-16/h3-6,8H,1H3,(H,14,16). The molecule has 0 fully saturated rings. The van der Waals surface area contributed by atoms with E-state index >= 15 is 0 Å². The third-order valence-corrected chi connectivity index (χ3v) is 2.32. The molecule has 0 aliphatic heterocycles. The van der Waals surface area contributed by atoms with Crippen LogP contribution in [0.4, 0.5) is 0 Å². The molecule has 2 rings (SSSR count). The van der Waals surface area contributed by atoms with E-state index < -0.39 is 6.04 Å². The molecule has 2 aromatic heterocycles. The van der Waals surface area contributed by atoms with E-state index in [1.807, 2.05) is 13.1 Å². The van der Waals surface area contributed by atoms with Crippen molar-refractivity contribution in [1.29, 1.82) is 5.26 Å². The Hall–Kier alpha value is -2.42. The topological polar surface area (TPSA) is 83.6 Å². The summed E-state index contributed by atoms with van der Waals surface area (Å²) in [6.07, 6.45) is 5.33. The molecule has 0 radical (unpaired) electrons. The van der Waals surface area contributed by atoms with Crippen molar-refractivity contribution >= 4 is 17.4 Å². The molecular formula is C10H9N5O. The molecule has 2 aromatic rings. The van der Waals surface area contributed by atoms with Crippen LogP contribution in [0.3, 0.4) is 0 Å². The van der Waals surface area contributed by atoms with E-state index in [4.69, 9.17) is 5.26 Å². The monoisotopic (exact) mass is 215 g/mol. The van der Waals surface area contributed by atoms with Crippen LogP contribution in [0.1, 0.15) is 11.6 Å². The highest BCUT2D eigenvalue weighted by Crippen LogP contribution is 2.21. The highest BCUT2D eigenvalue weighted by Gasteiger charge is 2.15. The molecular weight excluding hydrogens is 206 g/mol. The highest BCUT2D eigenvalue weighted by molar-refractivity contribution is 5.79. The van der Waals surface area contributed by atoms with E-state index in [9.17, 15) is 4.79 Å². The predicted molar refractivity (Wildman–Crippen MR) is 56.1 cm³/mol. The number of nitriles is 1. The van der Waals surface area contributed by atoms with Crippen molar-refractivity contribution in [2.24, 2.45) is 7.05 Å². The summed E-state index contributed by atoms with van der Waals surface area (Å²) >= 11 is 0. The number of nitrogens with zero attached hydrogens (tertiary/aromatic N) is 4. The second-order valence-electron chi connectivity index (χ2n) is 3.30. The molecule has 16 heavy (non-hydrogen) atoms. The lowest BCUT2D eigenvalue weighted by atomic mass is 10.1. The molecule has 1 atom stereocenters. The van der Waals surface area contributed by atoms with Gasteiger partial charge in [0.25, 0.3) is 0 Å². The van der Waals surface area contributed by atoms with E-state index in [0.29, 0.717) is 17.5 Å². The number of fused-ring (bicyclic) bond motifs is 1. The van der Waals surface area contributed by atoms with Crippen molar-refractivity contribution in [3.05, 3.63) is 24.3 Å². The fourth-order valence-electron chi connectivity index (χ4n) is 1.62. The average molecular weight is 215 g/mol. The molecule has 1 N–H and O–H groups in total. The maximum Gasteiger partial charge on any atom is 0.208 e. The largest absolute Gasteiger partial charge is 0.339 e. The van der Waals surface area contributed by atoms with Gasteiger partial charge in [0, 0.05) is 18.8 Å². The number of aryl methyl sites for hydroxylation is 1. The summed E-state index contributed by atoms with van der Waals surface area (Å²) in [6, 6.07) is 1.30. The van der Waals surface area contributed by atoms with Crippen LogP contribution in [0.15, 0.2) is 18.7 Å². The lowest BCUT2D eigenvalue weighted by Crippen LogP contribution is -2.18. The first kappa shape index (κ1) is 10.1. The SMILES string of the molecule is Cn1cnc2cncc(C(C#N)NC=O)c21. The van der Waals surface area contributed by atoms with Crippen LogP contribution >= 0.6 is 0 Å². The molecule has 0 aliphatic carbocycles. The molecule has 0 saturated heterocycles. The van der Waals surface area contributed by atoms with E-state index in [0.717, 1.165) is 5.52 Å². The minimum Gasteiger partial charge on any atom is -0.339 e. The van der Waals surface area contributed by atoms with Crippen LogP contribution < -0.4 is 5.32 Å². The molecule has 6 nitrogen and oxygen atoms in total. The Morgan fingerprint density at radius 2 is 2.44 bits per heavy atom. The summed E-state index contributed by atoms with van der Waals surface area (Å²) in [6.45, 7) is 0. The van der Waals surface area contributed by atoms with Crippen LogP contribution in [-0.2, 0) is 11.8 Å². The van der Waals surface area contributed by atoms with Gasteiger partial charge in [-0.25, -0.2) is 4.98 Å². The van der Waals surface area contributed by atoms with Crippen LogP contribution in [0.5, 0.6) is 0 Å². The van der Waals surface area contributed by atoms with Gasteiger partial charge in [0.1, 0.15) is 11.6 Å². The fraction of sp³-hybridized carbons (Fsp3) is 0.200. The Bertz CT molecular complexity index is 568. The van der Waals surface area contributed by atoms with E-state index in [1.165, 1.54) is 0 Å². The van der Waals surface area contributed by atoms with E-state index in [2.05, 4.69) is 15.3 Å². The van der Waals surface area contributed by atoms with Crippen molar-refractivity contribution in [2.75, 3.05) is 0 Å². The third kappa shape index (κ3) is 1.48. The summed E-state index contributed by atoms with van der Waals surface area (Å²) in [7, 11) is 1.83. The van der Waals surface area contributed by atoms with Crippen LogP contribution in [0.25, 0.3) is 11.0 Å². The summed E-state index contributed by atoms with van der Waals surface area (Å²) in [4.78, 5) is 18.5. The van der Waals surface area contributed by atoms with Crippen molar-refractivity contribution in [2.45, 2.75) is 6.04 Å². The van der Waals surface area contributed by atoms with Gasteiger partial charge in [-0.2, -0.15) is 5.26 Å². The fourth-order valence-corrected chi connectivity index (χ4v) is 1.62. The minimum absolute atomic E-state index is 0.503. The zero-order valence-corrected chi connectivity index (χ0v) is 8.58. The third-order valence-electron chi connectivity index (χ3n) is 2.32. The number of hydrogen-bond acceptors (Lipinski definition) is 4. The Morgan fingerprint density at radius 3 is 3.12 bits per heavy atom. The number of imidazole rings is 1. The lowest BCUT2D eigenvalue weighted by molar-refractivity contribution is -0.109. The maximum atomic E-state index is 10.4. The van der Waals surface area contributed by atoms with Gasteiger partial charge in [-0.05, 0) is 0 Å². The number of hydrogen-bond donors (Lipinski definition) is 1. The van der Waals surface area contributed by atoms with Gasteiger partial charge in [0.05, 0.1) is 24.1 Å². The molecule has 1 amide bonds. The average Bonchev–Trinajstić information content (AvgIpc) is 2.68. The number of aromatic nitrogens is 3. The van der Waals surface area contributed by atoms with Crippen LogP contribution in [0, 0.1) is 11.3 Å². The molecule has 0 spiro atoms. The molecule has 0 aromatic carbocycles. The summed E-state index contributed by atoms with van der Waals surface area (Å²) in [5.41, 5.74) is 2.15. The number of pyridine rings is 1. The smallest absolute Gasteiger partial charge is 0.208 e. The van der Waals surface area contributed by atoms with E-state index in [1.54, 1.807) is 23.3 Å². The molecule has 1 unspecified atom stereocenters. The summed E-state index contributed by atoms with van der Waals surface area (Å²) < 4.78 is 1.79. The Balaban J connectivity index is 2.63. The molecule has 80 valence electrons. The number of carbonyl (C=O) groups excluding carboxylic acids is 1. The number of nitrogens with one attached hydrogen (secondary N) is 1. The quantitative estimate of drug-likeness (QED) is 0.745. The van der Waals surface area contributed by atoms with Gasteiger partial charge in [0.2, 0.25) is 6.41 Å². The number of rotatable bonds is 3. The molecule has 2 heterocycles. The minimum atomic E-state index is -0.705. The Kier molecular flexibility index (Phi) is 2.52. The van der Waals surface area contributed by atoms with Crippen molar-refractivity contribution < 1.29 is 4.79 Å². The molecule has 6 heteroatoms. The van der Waals surface area contributed by atoms with Crippen molar-refractivity contribution in [3.8, 4) is 6.07 Å². The zero-order valence-electron chi connectivity index (χ0n) is 8.58. The molecule has 0 saturated carbocycles. The zero-order chi connectivity index (χ0) is 11.5. The Labute approximate surface area is 91.5 Å². The second kappa shape index (κ2) is 3.98. The highest BCUT2D eigenvalue weighted by atomic mass is 16.1. The van der Waals surface area contributed by atoms with Crippen LogP contribution in [0.2, 0.25) is 0 Å². The number of carbonyl (C=O) groups is 1.